The molecule has 27 heavy (non-hydrogen) atoms. The van der Waals surface area contributed by atoms with Crippen LogP contribution in [-0.4, -0.2) is 39.9 Å². The maximum atomic E-state index is 7.99. The lowest BCUT2D eigenvalue weighted by atomic mass is 10.2. The van der Waals surface area contributed by atoms with Gasteiger partial charge in [-0.15, -0.1) is 23.1 Å². The van der Waals surface area contributed by atoms with E-state index >= 15 is 0 Å². The molecular formula is C19H23ClN4OS2. The van der Waals surface area contributed by atoms with Gasteiger partial charge in [0.05, 0.1) is 27.5 Å². The Morgan fingerprint density at radius 1 is 1.48 bits per heavy atom. The second-order valence-corrected chi connectivity index (χ2v) is 9.81. The van der Waals surface area contributed by atoms with E-state index in [0.29, 0.717) is 5.84 Å². The second-order valence-electron chi connectivity index (χ2n) is 6.55. The molecule has 0 aliphatic heterocycles. The number of hydrogen-bond donors (Lipinski definition) is 2. The summed E-state index contributed by atoms with van der Waals surface area (Å²) in [4.78, 5) is 6.91. The molecule has 0 radical (unpaired) electrons. The molecule has 0 aliphatic carbocycles. The number of methoxy groups -OCH3 is 1. The zero-order valence-electron chi connectivity index (χ0n) is 15.8. The van der Waals surface area contributed by atoms with Crippen molar-refractivity contribution in [1.29, 1.82) is 5.41 Å². The van der Waals surface area contributed by atoms with Crippen LogP contribution in [0.2, 0.25) is 5.02 Å². The summed E-state index contributed by atoms with van der Waals surface area (Å²) in [5.74, 6) is 2.18. The first-order valence-electron chi connectivity index (χ1n) is 8.56. The van der Waals surface area contributed by atoms with Gasteiger partial charge in [-0.2, -0.15) is 0 Å². The van der Waals surface area contributed by atoms with Crippen LogP contribution in [0.25, 0.3) is 16.2 Å². The van der Waals surface area contributed by atoms with Gasteiger partial charge in [-0.1, -0.05) is 11.6 Å². The van der Waals surface area contributed by atoms with Gasteiger partial charge in [-0.3, -0.25) is 5.41 Å². The largest absolute Gasteiger partial charge is 0.493 e. The Bertz CT molecular complexity index is 964. The fraction of sp³-hybridized carbons (Fsp3) is 0.368. The third kappa shape index (κ3) is 4.25. The van der Waals surface area contributed by atoms with E-state index in [1.165, 1.54) is 0 Å². The Hall–Kier alpha value is -1.70. The molecule has 3 heterocycles. The summed E-state index contributed by atoms with van der Waals surface area (Å²) >= 11 is 9.91. The molecule has 0 atom stereocenters. The topological polar surface area (TPSA) is 62.4 Å². The highest BCUT2D eigenvalue weighted by Crippen LogP contribution is 2.36. The molecule has 0 aliphatic rings. The molecule has 3 aromatic rings. The number of rotatable bonds is 7. The maximum Gasteiger partial charge on any atom is 0.180 e. The van der Waals surface area contributed by atoms with Crippen LogP contribution in [0.15, 0.2) is 30.6 Å². The quantitative estimate of drug-likeness (QED) is 0.416. The van der Waals surface area contributed by atoms with Crippen LogP contribution in [0.4, 0.5) is 0 Å². The molecule has 8 heteroatoms. The molecule has 3 rings (SSSR count). The number of aryl methyl sites for hydroxylation is 1. The van der Waals surface area contributed by atoms with Gasteiger partial charge < -0.3 is 14.5 Å². The van der Waals surface area contributed by atoms with Crippen LogP contribution in [-0.2, 0) is 6.42 Å². The number of nitrogens with one attached hydrogen (secondary N) is 2. The van der Waals surface area contributed by atoms with E-state index in [4.69, 9.17) is 26.7 Å². The Balaban J connectivity index is 1.76. The normalized spacial score (nSPS) is 11.7. The van der Waals surface area contributed by atoms with Gasteiger partial charge in [0.1, 0.15) is 5.84 Å². The third-order valence-electron chi connectivity index (χ3n) is 4.32. The van der Waals surface area contributed by atoms with Crippen LogP contribution in [0.1, 0.15) is 18.7 Å². The number of thioether (sulfide) groups is 1. The van der Waals surface area contributed by atoms with E-state index in [1.54, 1.807) is 37.3 Å². The number of halogens is 1. The number of ether oxygens (including phenoxy) is 1. The summed E-state index contributed by atoms with van der Waals surface area (Å²) in [6.45, 7) is 4.12. The number of thiophene rings is 1. The fourth-order valence-electron chi connectivity index (χ4n) is 2.74. The summed E-state index contributed by atoms with van der Waals surface area (Å²) in [7, 11) is 3.44. The summed E-state index contributed by atoms with van der Waals surface area (Å²) in [6.07, 6.45) is 4.82. The van der Waals surface area contributed by atoms with Crippen molar-refractivity contribution in [2.75, 3.05) is 19.9 Å². The Labute approximate surface area is 172 Å². The van der Waals surface area contributed by atoms with Crippen molar-refractivity contribution < 1.29 is 4.74 Å². The number of hydrogen-bond acceptors (Lipinski definition) is 5. The van der Waals surface area contributed by atoms with Gasteiger partial charge in [0.15, 0.2) is 11.4 Å². The maximum absolute atomic E-state index is 7.99. The van der Waals surface area contributed by atoms with Gasteiger partial charge >= 0.3 is 0 Å². The van der Waals surface area contributed by atoms with E-state index in [0.717, 1.165) is 44.0 Å². The molecule has 144 valence electrons. The third-order valence-corrected chi connectivity index (χ3v) is 7.32. The van der Waals surface area contributed by atoms with Crippen LogP contribution in [0, 0.1) is 5.41 Å². The van der Waals surface area contributed by atoms with Crippen molar-refractivity contribution >= 4 is 46.2 Å². The number of aromatic nitrogens is 2. The molecule has 0 fully saturated rings. The molecule has 3 aromatic heterocycles. The highest BCUT2D eigenvalue weighted by atomic mass is 35.5. The molecule has 0 aromatic carbocycles. The Morgan fingerprint density at radius 3 is 2.96 bits per heavy atom. The van der Waals surface area contributed by atoms with Crippen LogP contribution >= 0.6 is 34.7 Å². The molecule has 5 nitrogen and oxygen atoms in total. The van der Waals surface area contributed by atoms with E-state index in [1.807, 2.05) is 35.0 Å². The number of amidine groups is 1. The first kappa shape index (κ1) is 20.0. The summed E-state index contributed by atoms with van der Waals surface area (Å²) in [5, 5.41) is 11.7. The average molecular weight is 423 g/mol. The predicted molar refractivity (Wildman–Crippen MR) is 117 cm³/mol. The van der Waals surface area contributed by atoms with E-state index in [9.17, 15) is 0 Å². The van der Waals surface area contributed by atoms with Crippen molar-refractivity contribution in [2.45, 2.75) is 25.0 Å². The molecule has 0 spiro atoms. The van der Waals surface area contributed by atoms with Crippen molar-refractivity contribution in [3.63, 3.8) is 0 Å². The van der Waals surface area contributed by atoms with Crippen molar-refractivity contribution in [1.82, 2.24) is 14.7 Å². The smallest absolute Gasteiger partial charge is 0.180 e. The Kier molecular flexibility index (Phi) is 6.03. The SMILES string of the molecule is CNC(=N)C(C)(C)SCCc1sc(-c2cn3cccc(OC)c3n2)cc1Cl. The molecule has 0 bridgehead atoms. The van der Waals surface area contributed by atoms with E-state index < -0.39 is 0 Å². The monoisotopic (exact) mass is 422 g/mol. The van der Waals surface area contributed by atoms with Gasteiger partial charge in [0, 0.05) is 24.3 Å². The lowest BCUT2D eigenvalue weighted by molar-refractivity contribution is 0.417. The van der Waals surface area contributed by atoms with Crippen molar-refractivity contribution in [2.24, 2.45) is 0 Å². The molecule has 2 N–H and O–H groups in total. The first-order chi connectivity index (χ1) is 12.9. The predicted octanol–water partition coefficient (Wildman–Crippen LogP) is 4.98. The lowest BCUT2D eigenvalue weighted by Crippen LogP contribution is -2.37. The number of pyridine rings is 1. The van der Waals surface area contributed by atoms with Crippen LogP contribution < -0.4 is 10.1 Å². The minimum absolute atomic E-state index is 0.237. The summed E-state index contributed by atoms with van der Waals surface area (Å²) in [5.41, 5.74) is 1.69. The fourth-order valence-corrected chi connectivity index (χ4v) is 5.32. The number of nitrogens with zero attached hydrogens (tertiary/aromatic N) is 2. The van der Waals surface area contributed by atoms with E-state index in [2.05, 4.69) is 19.2 Å². The zero-order valence-corrected chi connectivity index (χ0v) is 18.2. The number of fused-ring (bicyclic) bond motifs is 1. The molecular weight excluding hydrogens is 400 g/mol. The van der Waals surface area contributed by atoms with E-state index in [-0.39, 0.29) is 4.75 Å². The standard InChI is InChI=1S/C19H23ClN4OS2/c1-19(2,18(21)22-3)26-9-7-15-12(20)10-16(27-15)13-11-24-8-5-6-14(25-4)17(24)23-13/h5-6,8,10-11H,7,9H2,1-4H3,(H2,21,22). The zero-order chi connectivity index (χ0) is 19.6. The van der Waals surface area contributed by atoms with Crippen molar-refractivity contribution in [3.05, 3.63) is 40.5 Å². The van der Waals surface area contributed by atoms with Crippen molar-refractivity contribution in [3.8, 4) is 16.3 Å². The van der Waals surface area contributed by atoms with Crippen LogP contribution in [0.5, 0.6) is 5.75 Å². The van der Waals surface area contributed by atoms with Gasteiger partial charge in [0.2, 0.25) is 0 Å². The van der Waals surface area contributed by atoms with Gasteiger partial charge in [0.25, 0.3) is 0 Å². The average Bonchev–Trinajstić information content (AvgIpc) is 3.24. The Morgan fingerprint density at radius 2 is 2.26 bits per heavy atom. The summed E-state index contributed by atoms with van der Waals surface area (Å²) in [6, 6.07) is 5.83. The van der Waals surface area contributed by atoms with Crippen LogP contribution in [0.3, 0.4) is 0 Å². The van der Waals surface area contributed by atoms with Gasteiger partial charge in [-0.25, -0.2) is 4.98 Å². The minimum atomic E-state index is -0.237. The number of imidazole rings is 1. The highest BCUT2D eigenvalue weighted by Gasteiger charge is 2.23. The summed E-state index contributed by atoms with van der Waals surface area (Å²) < 4.78 is 7.11. The highest BCUT2D eigenvalue weighted by molar-refractivity contribution is 8.01. The second kappa shape index (κ2) is 8.12. The lowest BCUT2D eigenvalue weighted by Gasteiger charge is -2.24. The van der Waals surface area contributed by atoms with Gasteiger partial charge in [-0.05, 0) is 44.2 Å². The molecule has 0 amide bonds. The minimum Gasteiger partial charge on any atom is -0.493 e. The molecule has 0 saturated carbocycles. The molecule has 0 saturated heterocycles. The first-order valence-corrected chi connectivity index (χ1v) is 10.7. The molecule has 0 unspecified atom stereocenters.